The zero-order chi connectivity index (χ0) is 10.1. The van der Waals surface area contributed by atoms with Gasteiger partial charge in [-0.15, -0.1) is 0 Å². The Bertz CT molecular complexity index is 282. The molecule has 1 amide bonds. The number of aromatic nitrogens is 2. The Morgan fingerprint density at radius 3 is 2.38 bits per heavy atom. The second-order valence-corrected chi connectivity index (χ2v) is 1.94. The van der Waals surface area contributed by atoms with E-state index >= 15 is 0 Å². The van der Waals surface area contributed by atoms with Gasteiger partial charge in [-0.25, -0.2) is 9.97 Å². The van der Waals surface area contributed by atoms with E-state index < -0.39 is 5.91 Å². The maximum Gasteiger partial charge on any atom is 0.240 e. The van der Waals surface area contributed by atoms with E-state index in [0.717, 1.165) is 11.8 Å². The first-order valence-corrected chi connectivity index (χ1v) is 3.51. The first kappa shape index (κ1) is 11.0. The molecule has 68 valence electrons. The molecule has 1 aromatic heterocycles. The van der Waals surface area contributed by atoms with Crippen molar-refractivity contribution >= 4 is 12.0 Å². The first-order valence-electron chi connectivity index (χ1n) is 3.51. The highest BCUT2D eigenvalue weighted by Gasteiger charge is 1.78. The number of primary amides is 1. The summed E-state index contributed by atoms with van der Waals surface area (Å²) in [5, 5.41) is 0. The van der Waals surface area contributed by atoms with E-state index in [0.29, 0.717) is 0 Å². The van der Waals surface area contributed by atoms with Crippen LogP contribution in [0.2, 0.25) is 0 Å². The molecule has 1 heterocycles. The highest BCUT2D eigenvalue weighted by Crippen LogP contribution is 1.89. The van der Waals surface area contributed by atoms with Gasteiger partial charge in [-0.3, -0.25) is 4.79 Å². The maximum atomic E-state index is 9.47. The van der Waals surface area contributed by atoms with Crippen LogP contribution in [-0.2, 0) is 4.79 Å². The lowest BCUT2D eigenvalue weighted by Crippen LogP contribution is -2.04. The topological polar surface area (TPSA) is 68.9 Å². The zero-order valence-corrected chi connectivity index (χ0v) is 7.18. The normalized spacial score (nSPS) is 7.69. The van der Waals surface area contributed by atoms with Crippen molar-refractivity contribution < 1.29 is 4.79 Å². The highest BCUT2D eigenvalue weighted by molar-refractivity contribution is 5.84. The van der Waals surface area contributed by atoms with Gasteiger partial charge in [-0.05, 0) is 18.2 Å². The van der Waals surface area contributed by atoms with Gasteiger partial charge in [0, 0.05) is 6.20 Å². The lowest BCUT2D eigenvalue weighted by atomic mass is 10.4. The van der Waals surface area contributed by atoms with Crippen molar-refractivity contribution in [1.82, 2.24) is 9.97 Å². The fourth-order valence-electron chi connectivity index (χ4n) is 0.422. The molecule has 0 bridgehead atoms. The van der Waals surface area contributed by atoms with Gasteiger partial charge in [-0.1, -0.05) is 13.2 Å². The van der Waals surface area contributed by atoms with Crippen molar-refractivity contribution in [2.45, 2.75) is 0 Å². The van der Waals surface area contributed by atoms with Crippen LogP contribution in [0.15, 0.2) is 37.8 Å². The van der Waals surface area contributed by atoms with Gasteiger partial charge < -0.3 is 5.73 Å². The standard InChI is InChI=1S/C6H6N2.C3H5NO/c1-2-6-3-4-7-5-8-6;1-2-3(4)5/h2-5H,1H2;2H,1H2,(H2,4,5). The van der Waals surface area contributed by atoms with Crippen molar-refractivity contribution in [3.8, 4) is 0 Å². The molecule has 0 saturated carbocycles. The average molecular weight is 177 g/mol. The number of hydrogen-bond donors (Lipinski definition) is 1. The van der Waals surface area contributed by atoms with Crippen LogP contribution < -0.4 is 5.73 Å². The minimum atomic E-state index is -0.481. The molecule has 0 aliphatic rings. The molecule has 0 aromatic carbocycles. The third-order valence-corrected chi connectivity index (χ3v) is 1.02. The molecule has 0 unspecified atom stereocenters. The smallest absolute Gasteiger partial charge is 0.240 e. The van der Waals surface area contributed by atoms with Crippen molar-refractivity contribution in [3.63, 3.8) is 0 Å². The van der Waals surface area contributed by atoms with Crippen LogP contribution in [0.1, 0.15) is 5.69 Å². The summed E-state index contributed by atoms with van der Waals surface area (Å²) in [5.41, 5.74) is 5.40. The van der Waals surface area contributed by atoms with Crippen molar-refractivity contribution in [3.05, 3.63) is 43.5 Å². The number of nitrogens with zero attached hydrogens (tertiary/aromatic N) is 2. The Hall–Kier alpha value is -1.97. The molecule has 0 aliphatic heterocycles. The second-order valence-electron chi connectivity index (χ2n) is 1.94. The maximum absolute atomic E-state index is 9.47. The molecular formula is C9H11N3O. The fourth-order valence-corrected chi connectivity index (χ4v) is 0.422. The Morgan fingerprint density at radius 1 is 1.54 bits per heavy atom. The van der Waals surface area contributed by atoms with E-state index in [2.05, 4.69) is 28.9 Å². The van der Waals surface area contributed by atoms with E-state index in [9.17, 15) is 4.79 Å². The Labute approximate surface area is 76.8 Å². The van der Waals surface area contributed by atoms with Crippen molar-refractivity contribution in [1.29, 1.82) is 0 Å². The molecule has 4 nitrogen and oxygen atoms in total. The molecule has 0 atom stereocenters. The van der Waals surface area contributed by atoms with E-state index in [1.165, 1.54) is 6.33 Å². The van der Waals surface area contributed by atoms with Gasteiger partial charge >= 0.3 is 0 Å². The van der Waals surface area contributed by atoms with Crippen LogP contribution in [-0.4, -0.2) is 15.9 Å². The number of carbonyl (C=O) groups is 1. The third-order valence-electron chi connectivity index (χ3n) is 1.02. The molecule has 0 radical (unpaired) electrons. The molecule has 4 heteroatoms. The Morgan fingerprint density at radius 2 is 2.15 bits per heavy atom. The molecule has 0 saturated heterocycles. The van der Waals surface area contributed by atoms with Crippen LogP contribution in [0.3, 0.4) is 0 Å². The highest BCUT2D eigenvalue weighted by atomic mass is 16.1. The summed E-state index contributed by atoms with van der Waals surface area (Å²) in [7, 11) is 0. The summed E-state index contributed by atoms with van der Waals surface area (Å²) in [6.45, 7) is 6.63. The minimum absolute atomic E-state index is 0.481. The monoisotopic (exact) mass is 177 g/mol. The van der Waals surface area contributed by atoms with Gasteiger partial charge in [0.15, 0.2) is 0 Å². The predicted molar refractivity (Wildman–Crippen MR) is 51.5 cm³/mol. The Balaban J connectivity index is 0.000000252. The van der Waals surface area contributed by atoms with E-state index in [-0.39, 0.29) is 0 Å². The Kier molecular flexibility index (Phi) is 5.70. The van der Waals surface area contributed by atoms with Crippen LogP contribution in [0.5, 0.6) is 0 Å². The van der Waals surface area contributed by atoms with Gasteiger partial charge in [0.05, 0.1) is 5.69 Å². The molecule has 1 aromatic rings. The van der Waals surface area contributed by atoms with Crippen LogP contribution >= 0.6 is 0 Å². The van der Waals surface area contributed by atoms with Crippen LogP contribution in [0, 0.1) is 0 Å². The van der Waals surface area contributed by atoms with Gasteiger partial charge in [0.2, 0.25) is 5.91 Å². The third kappa shape index (κ3) is 6.43. The lowest BCUT2D eigenvalue weighted by Gasteiger charge is -1.83. The summed E-state index contributed by atoms with van der Waals surface area (Å²) in [5.74, 6) is -0.481. The van der Waals surface area contributed by atoms with Gasteiger partial charge in [-0.2, -0.15) is 0 Å². The van der Waals surface area contributed by atoms with Gasteiger partial charge in [0.25, 0.3) is 0 Å². The van der Waals surface area contributed by atoms with Crippen LogP contribution in [0.25, 0.3) is 6.08 Å². The summed E-state index contributed by atoms with van der Waals surface area (Å²) < 4.78 is 0. The predicted octanol–water partition coefficient (Wildman–Crippen LogP) is 0.777. The molecular weight excluding hydrogens is 166 g/mol. The molecule has 1 rings (SSSR count). The van der Waals surface area contributed by atoms with E-state index in [4.69, 9.17) is 0 Å². The average Bonchev–Trinajstić information content (AvgIpc) is 2.20. The molecule has 0 spiro atoms. The quantitative estimate of drug-likeness (QED) is 0.678. The zero-order valence-electron chi connectivity index (χ0n) is 7.18. The number of carbonyl (C=O) groups excluding carboxylic acids is 1. The largest absolute Gasteiger partial charge is 0.366 e. The lowest BCUT2D eigenvalue weighted by molar-refractivity contribution is -0.113. The number of nitrogens with two attached hydrogens (primary N) is 1. The number of amides is 1. The summed E-state index contributed by atoms with van der Waals surface area (Å²) in [6.07, 6.45) is 5.92. The SMILES string of the molecule is C=CC(N)=O.C=Cc1ccncn1. The molecule has 0 aliphatic carbocycles. The minimum Gasteiger partial charge on any atom is -0.366 e. The molecule has 0 fully saturated rings. The first-order chi connectivity index (χ1) is 6.20. The van der Waals surface area contributed by atoms with Crippen molar-refractivity contribution in [2.75, 3.05) is 0 Å². The molecule has 13 heavy (non-hydrogen) atoms. The number of hydrogen-bond acceptors (Lipinski definition) is 3. The molecule has 2 N–H and O–H groups in total. The van der Waals surface area contributed by atoms with Gasteiger partial charge in [0.1, 0.15) is 6.33 Å². The van der Waals surface area contributed by atoms with Crippen LogP contribution in [0.4, 0.5) is 0 Å². The summed E-state index contributed by atoms with van der Waals surface area (Å²) in [4.78, 5) is 17.1. The van der Waals surface area contributed by atoms with E-state index in [1.807, 2.05) is 0 Å². The fraction of sp³-hybridized carbons (Fsp3) is 0. The summed E-state index contributed by atoms with van der Waals surface area (Å²) >= 11 is 0. The summed E-state index contributed by atoms with van der Waals surface area (Å²) in [6, 6.07) is 1.80. The van der Waals surface area contributed by atoms with E-state index in [1.54, 1.807) is 18.3 Å². The second kappa shape index (κ2) is 6.72. The van der Waals surface area contributed by atoms with Crippen molar-refractivity contribution in [2.24, 2.45) is 5.73 Å². The number of rotatable bonds is 2.